The van der Waals surface area contributed by atoms with Gasteiger partial charge in [-0.25, -0.2) is 0 Å². The van der Waals surface area contributed by atoms with Crippen LogP contribution in [0.2, 0.25) is 0 Å². The molecule has 0 radical (unpaired) electrons. The number of amides is 1. The Bertz CT molecular complexity index is 992. The number of aromatic nitrogens is 5. The molecule has 1 atom stereocenters. The van der Waals surface area contributed by atoms with E-state index in [2.05, 4.69) is 25.0 Å². The lowest BCUT2D eigenvalue weighted by Gasteiger charge is -2.32. The molecule has 2 aromatic heterocycles. The third-order valence-electron chi connectivity index (χ3n) is 6.09. The highest BCUT2D eigenvalue weighted by atomic mass is 16.2. The second-order valence-corrected chi connectivity index (χ2v) is 8.06. The van der Waals surface area contributed by atoms with Crippen LogP contribution in [0.1, 0.15) is 60.2 Å². The lowest BCUT2D eigenvalue weighted by atomic mass is 9.96. The molecule has 150 valence electrons. The molecule has 1 unspecified atom stereocenters. The van der Waals surface area contributed by atoms with E-state index in [1.807, 2.05) is 41.3 Å². The van der Waals surface area contributed by atoms with Crippen molar-refractivity contribution in [3.63, 3.8) is 0 Å². The number of hydrogen-bond donors (Lipinski definition) is 1. The van der Waals surface area contributed by atoms with Crippen LogP contribution in [0.15, 0.2) is 36.4 Å². The minimum absolute atomic E-state index is 0.0139. The summed E-state index contributed by atoms with van der Waals surface area (Å²) in [6, 6.07) is 11.8. The topological polar surface area (TPSA) is 79.7 Å². The molecule has 2 aliphatic heterocycles. The Morgan fingerprint density at radius 2 is 1.93 bits per heavy atom. The largest absolute Gasteiger partial charge is 0.337 e. The Kier molecular flexibility index (Phi) is 4.87. The van der Waals surface area contributed by atoms with Crippen molar-refractivity contribution in [3.8, 4) is 11.3 Å². The van der Waals surface area contributed by atoms with Gasteiger partial charge in [-0.1, -0.05) is 36.8 Å². The lowest BCUT2D eigenvalue weighted by Crippen LogP contribution is -2.40. The van der Waals surface area contributed by atoms with Gasteiger partial charge in [-0.05, 0) is 31.7 Å². The highest BCUT2D eigenvalue weighted by Gasteiger charge is 2.30. The molecule has 1 aromatic carbocycles. The van der Waals surface area contributed by atoms with Gasteiger partial charge in [0.25, 0.3) is 5.91 Å². The van der Waals surface area contributed by atoms with E-state index in [-0.39, 0.29) is 11.8 Å². The van der Waals surface area contributed by atoms with Gasteiger partial charge in [0.05, 0.1) is 5.69 Å². The van der Waals surface area contributed by atoms with Gasteiger partial charge in [0, 0.05) is 37.5 Å². The molecule has 1 fully saturated rings. The molecule has 2 aliphatic rings. The maximum Gasteiger partial charge on any atom is 0.271 e. The van der Waals surface area contributed by atoms with Crippen LogP contribution < -0.4 is 0 Å². The maximum absolute atomic E-state index is 13.1. The number of carbonyl (C=O) groups excluding carboxylic acids is 1. The maximum atomic E-state index is 13.1. The third kappa shape index (κ3) is 3.57. The van der Waals surface area contributed by atoms with Crippen LogP contribution in [-0.2, 0) is 13.0 Å². The number of fused-ring (bicyclic) bond motifs is 1. The molecule has 4 heterocycles. The first-order valence-electron chi connectivity index (χ1n) is 10.6. The number of benzene rings is 1. The Morgan fingerprint density at radius 1 is 1.03 bits per heavy atom. The summed E-state index contributed by atoms with van der Waals surface area (Å²) >= 11 is 0. The molecule has 1 amide bonds. The van der Waals surface area contributed by atoms with Crippen molar-refractivity contribution in [2.24, 2.45) is 0 Å². The zero-order chi connectivity index (χ0) is 19.6. The second-order valence-electron chi connectivity index (χ2n) is 8.06. The number of piperidine rings is 1. The summed E-state index contributed by atoms with van der Waals surface area (Å²) in [7, 11) is 0. The zero-order valence-corrected chi connectivity index (χ0v) is 16.5. The van der Waals surface area contributed by atoms with Crippen LogP contribution in [0.4, 0.5) is 0 Å². The van der Waals surface area contributed by atoms with Gasteiger partial charge in [-0.3, -0.25) is 9.89 Å². The van der Waals surface area contributed by atoms with Crippen molar-refractivity contribution in [2.45, 2.75) is 51.0 Å². The van der Waals surface area contributed by atoms with Crippen molar-refractivity contribution >= 4 is 5.91 Å². The summed E-state index contributed by atoms with van der Waals surface area (Å²) in [6.07, 6.45) is 6.68. The molecular weight excluding hydrogens is 364 g/mol. The fourth-order valence-corrected chi connectivity index (χ4v) is 4.54. The molecule has 0 aliphatic carbocycles. The fourth-order valence-electron chi connectivity index (χ4n) is 4.54. The SMILES string of the molecule is O=C(c1cc(-c2ccccc2)n[nH]1)N1CCCC(c2nnc3n2CCCCC3)C1. The first kappa shape index (κ1) is 18.1. The van der Waals surface area contributed by atoms with E-state index in [1.54, 1.807) is 0 Å². The standard InChI is InChI=1S/C22H26N6O/c29-22(19-14-18(23-24-19)16-8-3-1-4-9-16)27-12-7-10-17(15-27)21-26-25-20-11-5-2-6-13-28(20)21/h1,3-4,8-9,14,17H,2,5-7,10-13,15H2,(H,23,24). The van der Waals surface area contributed by atoms with E-state index in [1.165, 1.54) is 19.3 Å². The van der Waals surface area contributed by atoms with Gasteiger partial charge in [0.2, 0.25) is 0 Å². The van der Waals surface area contributed by atoms with Gasteiger partial charge in [-0.2, -0.15) is 5.10 Å². The quantitative estimate of drug-likeness (QED) is 0.743. The summed E-state index contributed by atoms with van der Waals surface area (Å²) in [6.45, 7) is 2.47. The van der Waals surface area contributed by atoms with Crippen molar-refractivity contribution in [1.82, 2.24) is 29.9 Å². The summed E-state index contributed by atoms with van der Waals surface area (Å²) in [5, 5.41) is 16.3. The second kappa shape index (κ2) is 7.81. The van der Waals surface area contributed by atoms with E-state index in [9.17, 15) is 4.79 Å². The monoisotopic (exact) mass is 390 g/mol. The Morgan fingerprint density at radius 3 is 2.83 bits per heavy atom. The summed E-state index contributed by atoms with van der Waals surface area (Å²) in [5.74, 6) is 2.44. The van der Waals surface area contributed by atoms with Crippen LogP contribution in [0.3, 0.4) is 0 Å². The average Bonchev–Trinajstić information content (AvgIpc) is 3.36. The molecular formula is C22H26N6O. The van der Waals surface area contributed by atoms with Crippen LogP contribution in [0, 0.1) is 0 Å². The van der Waals surface area contributed by atoms with Crippen molar-refractivity contribution in [1.29, 1.82) is 0 Å². The van der Waals surface area contributed by atoms with E-state index in [0.29, 0.717) is 12.2 Å². The van der Waals surface area contributed by atoms with E-state index >= 15 is 0 Å². The number of aromatic amines is 1. The summed E-state index contributed by atoms with van der Waals surface area (Å²) in [5.41, 5.74) is 2.35. The van der Waals surface area contributed by atoms with Crippen LogP contribution in [0.5, 0.6) is 0 Å². The molecule has 3 aromatic rings. The number of carbonyl (C=O) groups is 1. The Labute approximate surface area is 170 Å². The minimum atomic E-state index is 0.0139. The molecule has 5 rings (SSSR count). The number of nitrogens with zero attached hydrogens (tertiary/aromatic N) is 5. The number of aryl methyl sites for hydroxylation is 1. The highest BCUT2D eigenvalue weighted by molar-refractivity contribution is 5.93. The molecule has 1 N–H and O–H groups in total. The molecule has 7 heteroatoms. The molecule has 0 spiro atoms. The van der Waals surface area contributed by atoms with Crippen LogP contribution in [-0.4, -0.2) is 48.9 Å². The molecule has 0 saturated carbocycles. The fraction of sp³-hybridized carbons (Fsp3) is 0.455. The smallest absolute Gasteiger partial charge is 0.271 e. The van der Waals surface area contributed by atoms with Crippen molar-refractivity contribution in [3.05, 3.63) is 53.7 Å². The highest BCUT2D eigenvalue weighted by Crippen LogP contribution is 2.29. The number of rotatable bonds is 3. The predicted molar refractivity (Wildman–Crippen MR) is 109 cm³/mol. The minimum Gasteiger partial charge on any atom is -0.337 e. The van der Waals surface area contributed by atoms with Gasteiger partial charge < -0.3 is 9.47 Å². The number of hydrogen-bond acceptors (Lipinski definition) is 4. The normalized spacial score (nSPS) is 19.6. The van der Waals surface area contributed by atoms with Crippen LogP contribution >= 0.6 is 0 Å². The van der Waals surface area contributed by atoms with Gasteiger partial charge in [-0.15, -0.1) is 10.2 Å². The first-order chi connectivity index (χ1) is 14.3. The number of H-pyrrole nitrogens is 1. The first-order valence-corrected chi connectivity index (χ1v) is 10.6. The molecule has 1 saturated heterocycles. The summed E-state index contributed by atoms with van der Waals surface area (Å²) in [4.78, 5) is 15.1. The number of nitrogens with one attached hydrogen (secondary N) is 1. The lowest BCUT2D eigenvalue weighted by molar-refractivity contribution is 0.0697. The zero-order valence-electron chi connectivity index (χ0n) is 16.5. The molecule has 7 nitrogen and oxygen atoms in total. The van der Waals surface area contributed by atoms with E-state index in [0.717, 1.165) is 55.3 Å². The average molecular weight is 390 g/mol. The Hall–Kier alpha value is -2.96. The van der Waals surface area contributed by atoms with Crippen molar-refractivity contribution in [2.75, 3.05) is 13.1 Å². The van der Waals surface area contributed by atoms with Crippen molar-refractivity contribution < 1.29 is 4.79 Å². The summed E-state index contributed by atoms with van der Waals surface area (Å²) < 4.78 is 2.31. The molecule has 0 bridgehead atoms. The Balaban J connectivity index is 1.33. The predicted octanol–water partition coefficient (Wildman–Crippen LogP) is 3.41. The van der Waals surface area contributed by atoms with Crippen LogP contribution in [0.25, 0.3) is 11.3 Å². The van der Waals surface area contributed by atoms with Gasteiger partial charge in [0.1, 0.15) is 17.3 Å². The van der Waals surface area contributed by atoms with Gasteiger partial charge in [0.15, 0.2) is 0 Å². The van der Waals surface area contributed by atoms with Gasteiger partial charge >= 0.3 is 0 Å². The van der Waals surface area contributed by atoms with E-state index < -0.39 is 0 Å². The third-order valence-corrected chi connectivity index (χ3v) is 6.09. The van der Waals surface area contributed by atoms with E-state index in [4.69, 9.17) is 0 Å². The molecule has 29 heavy (non-hydrogen) atoms. The number of likely N-dealkylation sites (tertiary alicyclic amines) is 1.